The van der Waals surface area contributed by atoms with Crippen LogP contribution >= 0.6 is 0 Å². The van der Waals surface area contributed by atoms with Crippen LogP contribution in [-0.4, -0.2) is 43.4 Å². The van der Waals surface area contributed by atoms with Crippen molar-refractivity contribution < 1.29 is 17.9 Å². The molecule has 8 heteroatoms. The summed E-state index contributed by atoms with van der Waals surface area (Å²) in [6.07, 6.45) is 4.71. The summed E-state index contributed by atoms with van der Waals surface area (Å²) in [5, 5.41) is 3.76. The van der Waals surface area contributed by atoms with Gasteiger partial charge in [-0.15, -0.1) is 0 Å². The number of ether oxygens (including phenoxy) is 1. The van der Waals surface area contributed by atoms with E-state index in [4.69, 9.17) is 4.74 Å². The number of para-hydroxylation sites is 1. The Bertz CT molecular complexity index is 1210. The number of benzene rings is 2. The highest BCUT2D eigenvalue weighted by atomic mass is 32.2. The molecule has 7 nitrogen and oxygen atoms in total. The Morgan fingerprint density at radius 3 is 2.59 bits per heavy atom. The minimum Gasteiger partial charge on any atom is -0.496 e. The maximum absolute atomic E-state index is 13.0. The first-order chi connectivity index (χ1) is 15.4. The highest BCUT2D eigenvalue weighted by Gasteiger charge is 2.26. The van der Waals surface area contributed by atoms with E-state index in [0.717, 1.165) is 41.5 Å². The molecule has 1 N–H and O–H groups in total. The van der Waals surface area contributed by atoms with Crippen LogP contribution < -0.4 is 10.1 Å². The van der Waals surface area contributed by atoms with Crippen LogP contribution in [0.5, 0.6) is 5.75 Å². The molecule has 1 fully saturated rings. The van der Waals surface area contributed by atoms with Crippen molar-refractivity contribution in [1.82, 2.24) is 14.2 Å². The van der Waals surface area contributed by atoms with Crippen LogP contribution in [0.2, 0.25) is 0 Å². The Balaban J connectivity index is 1.51. The first kappa shape index (κ1) is 22.4. The van der Waals surface area contributed by atoms with E-state index in [1.54, 1.807) is 29.6 Å². The molecule has 170 valence electrons. The van der Waals surface area contributed by atoms with Gasteiger partial charge in [0.2, 0.25) is 15.9 Å². The third-order valence-electron chi connectivity index (χ3n) is 6.09. The van der Waals surface area contributed by atoms with Gasteiger partial charge in [0, 0.05) is 42.3 Å². The Morgan fingerprint density at radius 1 is 1.09 bits per heavy atom. The predicted octanol–water partition coefficient (Wildman–Crippen LogP) is 3.70. The molecule has 0 radical (unpaired) electrons. The zero-order valence-electron chi connectivity index (χ0n) is 18.5. The number of aromatic nitrogens is 1. The number of piperidine rings is 1. The van der Waals surface area contributed by atoms with E-state index in [9.17, 15) is 13.2 Å². The van der Waals surface area contributed by atoms with Crippen LogP contribution in [0.3, 0.4) is 0 Å². The standard InChI is InChI=1S/C24H29N3O4S/c1-18(24(28)25-17-20-8-4-5-9-23(20)31-2)27-15-12-19-16-21(10-11-22(19)27)32(29,30)26-13-6-3-7-14-26/h4-5,8-12,15-16,18H,3,6-7,13-14,17H2,1-2H3,(H,25,28)/t18-/m0/s1. The molecule has 1 aliphatic heterocycles. The van der Waals surface area contributed by atoms with Crippen LogP contribution in [-0.2, 0) is 21.4 Å². The van der Waals surface area contributed by atoms with Gasteiger partial charge in [-0.1, -0.05) is 24.6 Å². The van der Waals surface area contributed by atoms with Gasteiger partial charge in [-0.3, -0.25) is 4.79 Å². The smallest absolute Gasteiger partial charge is 0.243 e. The molecule has 1 atom stereocenters. The summed E-state index contributed by atoms with van der Waals surface area (Å²) >= 11 is 0. The highest BCUT2D eigenvalue weighted by molar-refractivity contribution is 7.89. The molecule has 0 saturated carbocycles. The number of sulfonamides is 1. The van der Waals surface area contributed by atoms with E-state index in [1.807, 2.05) is 48.0 Å². The van der Waals surface area contributed by atoms with Gasteiger partial charge in [0.1, 0.15) is 11.8 Å². The normalized spacial score (nSPS) is 16.1. The van der Waals surface area contributed by atoms with Gasteiger partial charge in [0.15, 0.2) is 0 Å². The summed E-state index contributed by atoms with van der Waals surface area (Å²) in [6, 6.07) is 14.1. The molecule has 1 amide bonds. The molecule has 4 rings (SSSR count). The molecular weight excluding hydrogens is 426 g/mol. The zero-order chi connectivity index (χ0) is 22.7. The highest BCUT2D eigenvalue weighted by Crippen LogP contribution is 2.27. The molecule has 3 aromatic rings. The SMILES string of the molecule is COc1ccccc1CNC(=O)[C@H](C)n1ccc2cc(S(=O)(=O)N3CCCCC3)ccc21. The number of carbonyl (C=O) groups is 1. The quantitative estimate of drug-likeness (QED) is 0.589. The fourth-order valence-corrected chi connectivity index (χ4v) is 5.75. The molecule has 0 unspecified atom stereocenters. The van der Waals surface area contributed by atoms with Gasteiger partial charge in [-0.2, -0.15) is 4.31 Å². The lowest BCUT2D eigenvalue weighted by molar-refractivity contribution is -0.123. The predicted molar refractivity (Wildman–Crippen MR) is 124 cm³/mol. The van der Waals surface area contributed by atoms with E-state index in [2.05, 4.69) is 5.32 Å². The lowest BCUT2D eigenvalue weighted by Gasteiger charge is -2.26. The first-order valence-corrected chi connectivity index (χ1v) is 12.4. The zero-order valence-corrected chi connectivity index (χ0v) is 19.3. The third-order valence-corrected chi connectivity index (χ3v) is 7.98. The van der Waals surface area contributed by atoms with Gasteiger partial charge in [0.05, 0.1) is 12.0 Å². The number of methoxy groups -OCH3 is 1. The molecular formula is C24H29N3O4S. The van der Waals surface area contributed by atoms with E-state index >= 15 is 0 Å². The molecule has 1 aliphatic rings. The number of carbonyl (C=O) groups excluding carboxylic acids is 1. The minimum atomic E-state index is -3.49. The van der Waals surface area contributed by atoms with Gasteiger partial charge in [0.25, 0.3) is 0 Å². The van der Waals surface area contributed by atoms with Gasteiger partial charge >= 0.3 is 0 Å². The van der Waals surface area contributed by atoms with Crippen molar-refractivity contribution in [2.24, 2.45) is 0 Å². The molecule has 2 heterocycles. The first-order valence-electron chi connectivity index (χ1n) is 10.9. The topological polar surface area (TPSA) is 80.6 Å². The second-order valence-electron chi connectivity index (χ2n) is 8.11. The summed E-state index contributed by atoms with van der Waals surface area (Å²) in [4.78, 5) is 13.1. The van der Waals surface area contributed by atoms with E-state index < -0.39 is 16.1 Å². The number of amides is 1. The van der Waals surface area contributed by atoms with Crippen molar-refractivity contribution in [3.05, 3.63) is 60.3 Å². The van der Waals surface area contributed by atoms with Crippen LogP contribution in [0.4, 0.5) is 0 Å². The van der Waals surface area contributed by atoms with Crippen LogP contribution in [0.25, 0.3) is 10.9 Å². The minimum absolute atomic E-state index is 0.126. The number of rotatable bonds is 7. The second kappa shape index (κ2) is 9.34. The summed E-state index contributed by atoms with van der Waals surface area (Å²) in [5.74, 6) is 0.604. The van der Waals surface area contributed by atoms with Crippen molar-refractivity contribution in [2.45, 2.75) is 43.7 Å². The Kier molecular flexibility index (Phi) is 6.53. The van der Waals surface area contributed by atoms with Crippen molar-refractivity contribution in [3.8, 4) is 5.75 Å². The lowest BCUT2D eigenvalue weighted by atomic mass is 10.2. The fraction of sp³-hybridized carbons (Fsp3) is 0.375. The maximum Gasteiger partial charge on any atom is 0.243 e. The molecule has 1 aromatic heterocycles. The summed E-state index contributed by atoms with van der Waals surface area (Å²) in [6.45, 7) is 3.34. The average molecular weight is 456 g/mol. The lowest BCUT2D eigenvalue weighted by Crippen LogP contribution is -2.35. The Morgan fingerprint density at radius 2 is 1.84 bits per heavy atom. The van der Waals surface area contributed by atoms with Crippen molar-refractivity contribution >= 4 is 26.8 Å². The summed E-state index contributed by atoms with van der Waals surface area (Å²) in [7, 11) is -1.89. The van der Waals surface area contributed by atoms with Gasteiger partial charge in [-0.05, 0) is 50.1 Å². The number of hydrogen-bond acceptors (Lipinski definition) is 4. The van der Waals surface area contributed by atoms with E-state index in [0.29, 0.717) is 24.5 Å². The monoisotopic (exact) mass is 455 g/mol. The number of nitrogens with zero attached hydrogens (tertiary/aromatic N) is 2. The van der Waals surface area contributed by atoms with Crippen LogP contribution in [0, 0.1) is 0 Å². The summed E-state index contributed by atoms with van der Waals surface area (Å²) < 4.78 is 34.8. The van der Waals surface area contributed by atoms with Crippen molar-refractivity contribution in [1.29, 1.82) is 0 Å². The fourth-order valence-electron chi connectivity index (χ4n) is 4.20. The second-order valence-corrected chi connectivity index (χ2v) is 10.1. The van der Waals surface area contributed by atoms with E-state index in [1.165, 1.54) is 0 Å². The molecule has 1 saturated heterocycles. The van der Waals surface area contributed by atoms with Crippen molar-refractivity contribution in [2.75, 3.05) is 20.2 Å². The number of nitrogens with one attached hydrogen (secondary N) is 1. The largest absolute Gasteiger partial charge is 0.496 e. The molecule has 2 aromatic carbocycles. The van der Waals surface area contributed by atoms with Gasteiger partial charge in [-0.25, -0.2) is 8.42 Å². The molecule has 0 spiro atoms. The van der Waals surface area contributed by atoms with Crippen molar-refractivity contribution in [3.63, 3.8) is 0 Å². The average Bonchev–Trinajstić information content (AvgIpc) is 3.26. The summed E-state index contributed by atoms with van der Waals surface area (Å²) in [5.41, 5.74) is 1.73. The molecule has 0 aliphatic carbocycles. The number of hydrogen-bond donors (Lipinski definition) is 1. The van der Waals surface area contributed by atoms with Crippen LogP contribution in [0.15, 0.2) is 59.6 Å². The van der Waals surface area contributed by atoms with Gasteiger partial charge < -0.3 is 14.6 Å². The van der Waals surface area contributed by atoms with E-state index in [-0.39, 0.29) is 5.91 Å². The molecule has 32 heavy (non-hydrogen) atoms. The molecule has 0 bridgehead atoms. The Hall–Kier alpha value is -2.84. The Labute approximate surface area is 189 Å². The maximum atomic E-state index is 13.0. The number of fused-ring (bicyclic) bond motifs is 1. The van der Waals surface area contributed by atoms with Crippen LogP contribution in [0.1, 0.15) is 37.8 Å². The third kappa shape index (κ3) is 4.38.